The molecule has 9 heteroatoms. The van der Waals surface area contributed by atoms with E-state index in [1.54, 1.807) is 26.4 Å². The van der Waals surface area contributed by atoms with Gasteiger partial charge in [-0.05, 0) is 37.8 Å². The van der Waals surface area contributed by atoms with Crippen molar-refractivity contribution in [2.45, 2.75) is 44.8 Å². The van der Waals surface area contributed by atoms with E-state index < -0.39 is 0 Å². The van der Waals surface area contributed by atoms with E-state index in [0.717, 1.165) is 12.8 Å². The monoisotopic (exact) mass is 407 g/mol. The summed E-state index contributed by atoms with van der Waals surface area (Å²) in [4.78, 5) is 12.2. The van der Waals surface area contributed by atoms with E-state index in [9.17, 15) is 4.79 Å². The van der Waals surface area contributed by atoms with Crippen LogP contribution < -0.4 is 20.6 Å². The van der Waals surface area contributed by atoms with Gasteiger partial charge in [-0.25, -0.2) is 4.68 Å². The van der Waals surface area contributed by atoms with Gasteiger partial charge in [-0.3, -0.25) is 4.79 Å². The van der Waals surface area contributed by atoms with Crippen molar-refractivity contribution >= 4 is 17.7 Å². The van der Waals surface area contributed by atoms with Gasteiger partial charge in [0.2, 0.25) is 11.1 Å². The van der Waals surface area contributed by atoms with Crippen LogP contribution in [0.4, 0.5) is 0 Å². The molecule has 1 amide bonds. The van der Waals surface area contributed by atoms with Crippen molar-refractivity contribution in [3.8, 4) is 22.9 Å². The molecule has 0 aliphatic carbocycles. The summed E-state index contributed by atoms with van der Waals surface area (Å²) in [5.74, 6) is 8.64. The predicted molar refractivity (Wildman–Crippen MR) is 111 cm³/mol. The van der Waals surface area contributed by atoms with Crippen molar-refractivity contribution in [2.24, 2.45) is 5.92 Å². The van der Waals surface area contributed by atoms with Crippen LogP contribution in [0.5, 0.6) is 11.5 Å². The Morgan fingerprint density at radius 3 is 2.61 bits per heavy atom. The van der Waals surface area contributed by atoms with E-state index in [-0.39, 0.29) is 17.7 Å². The first kappa shape index (κ1) is 21.9. The first-order valence-corrected chi connectivity index (χ1v) is 10.2. The van der Waals surface area contributed by atoms with Gasteiger partial charge in [0.1, 0.15) is 11.5 Å². The number of hydrogen-bond donors (Lipinski definition) is 2. The molecule has 154 valence electrons. The Labute approximate surface area is 170 Å². The van der Waals surface area contributed by atoms with Crippen molar-refractivity contribution in [2.75, 3.05) is 25.8 Å². The standard InChI is InChI=1S/C19H29N5O3S/c1-12(2)6-7-13(3)21-17(25)11-28-19-23-22-18(24(19)20)15-9-8-14(26-4)10-16(15)27-5/h8-10,12-13H,6-7,11,20H2,1-5H3,(H,21,25)/t13-/m1/s1. The summed E-state index contributed by atoms with van der Waals surface area (Å²) in [5.41, 5.74) is 0.692. The zero-order valence-electron chi connectivity index (χ0n) is 17.1. The fourth-order valence-corrected chi connectivity index (χ4v) is 3.31. The summed E-state index contributed by atoms with van der Waals surface area (Å²) in [6.07, 6.45) is 2.04. The minimum atomic E-state index is -0.0483. The average molecular weight is 408 g/mol. The van der Waals surface area contributed by atoms with Crippen LogP contribution in [0, 0.1) is 5.92 Å². The van der Waals surface area contributed by atoms with E-state index in [4.69, 9.17) is 15.3 Å². The number of carbonyl (C=O) groups excluding carboxylic acids is 1. The maximum Gasteiger partial charge on any atom is 0.230 e. The molecule has 8 nitrogen and oxygen atoms in total. The number of nitrogens with one attached hydrogen (secondary N) is 1. The molecule has 2 rings (SSSR count). The number of methoxy groups -OCH3 is 2. The van der Waals surface area contributed by atoms with Gasteiger partial charge in [0.25, 0.3) is 0 Å². The number of thioether (sulfide) groups is 1. The lowest BCUT2D eigenvalue weighted by Crippen LogP contribution is -2.34. The molecule has 2 aromatic rings. The van der Waals surface area contributed by atoms with Crippen LogP contribution >= 0.6 is 11.8 Å². The summed E-state index contributed by atoms with van der Waals surface area (Å²) in [5, 5.41) is 11.7. The summed E-state index contributed by atoms with van der Waals surface area (Å²) >= 11 is 1.24. The molecule has 0 spiro atoms. The highest BCUT2D eigenvalue weighted by atomic mass is 32.2. The van der Waals surface area contributed by atoms with Gasteiger partial charge < -0.3 is 20.6 Å². The minimum absolute atomic E-state index is 0.0483. The van der Waals surface area contributed by atoms with Gasteiger partial charge in [0.05, 0.1) is 25.5 Å². The molecule has 28 heavy (non-hydrogen) atoms. The van der Waals surface area contributed by atoms with E-state index in [1.165, 1.54) is 16.4 Å². The Bertz CT molecular complexity index is 794. The van der Waals surface area contributed by atoms with Gasteiger partial charge in [-0.2, -0.15) is 0 Å². The minimum Gasteiger partial charge on any atom is -0.497 e. The first-order chi connectivity index (χ1) is 13.3. The van der Waals surface area contributed by atoms with Crippen LogP contribution in [0.3, 0.4) is 0 Å². The number of hydrogen-bond acceptors (Lipinski definition) is 7. The number of rotatable bonds is 10. The van der Waals surface area contributed by atoms with Crippen LogP contribution in [0.1, 0.15) is 33.6 Å². The summed E-state index contributed by atoms with van der Waals surface area (Å²) in [6.45, 7) is 6.37. The van der Waals surface area contributed by atoms with Crippen molar-refractivity contribution in [3.63, 3.8) is 0 Å². The second kappa shape index (κ2) is 10.2. The van der Waals surface area contributed by atoms with E-state index in [2.05, 4.69) is 29.4 Å². The summed E-state index contributed by atoms with van der Waals surface area (Å²) in [7, 11) is 3.15. The number of carbonyl (C=O) groups is 1. The molecule has 3 N–H and O–H groups in total. The van der Waals surface area contributed by atoms with Crippen LogP contribution in [-0.4, -0.2) is 46.8 Å². The Hall–Kier alpha value is -2.42. The highest BCUT2D eigenvalue weighted by molar-refractivity contribution is 7.99. The SMILES string of the molecule is COc1ccc(-c2nnc(SCC(=O)N[C@H](C)CCC(C)C)n2N)c(OC)c1. The topological polar surface area (TPSA) is 104 Å². The summed E-state index contributed by atoms with van der Waals surface area (Å²) < 4.78 is 12.0. The Morgan fingerprint density at radius 2 is 1.96 bits per heavy atom. The molecule has 0 unspecified atom stereocenters. The fourth-order valence-electron chi connectivity index (χ4n) is 2.64. The van der Waals surface area contributed by atoms with Crippen LogP contribution in [0.2, 0.25) is 0 Å². The highest BCUT2D eigenvalue weighted by Gasteiger charge is 2.18. The molecule has 0 fully saturated rings. The third kappa shape index (κ3) is 5.79. The molecule has 1 heterocycles. The Morgan fingerprint density at radius 1 is 1.21 bits per heavy atom. The zero-order chi connectivity index (χ0) is 20.7. The summed E-state index contributed by atoms with van der Waals surface area (Å²) in [6, 6.07) is 5.50. The fraction of sp³-hybridized carbons (Fsp3) is 0.526. The molecule has 1 atom stereocenters. The molecule has 0 aliphatic heterocycles. The van der Waals surface area contributed by atoms with Crippen molar-refractivity contribution in [3.05, 3.63) is 18.2 Å². The molecular formula is C19H29N5O3S. The van der Waals surface area contributed by atoms with Crippen LogP contribution in [-0.2, 0) is 4.79 Å². The number of benzene rings is 1. The predicted octanol–water partition coefficient (Wildman–Crippen LogP) is 2.71. The second-order valence-electron chi connectivity index (χ2n) is 6.97. The lowest BCUT2D eigenvalue weighted by Gasteiger charge is -2.14. The zero-order valence-corrected chi connectivity index (χ0v) is 17.9. The number of ether oxygens (including phenoxy) is 2. The number of nitrogen functional groups attached to an aromatic ring is 1. The van der Waals surface area contributed by atoms with Crippen molar-refractivity contribution in [1.29, 1.82) is 0 Å². The third-order valence-corrected chi connectivity index (χ3v) is 5.17. The smallest absolute Gasteiger partial charge is 0.230 e. The Kier molecular flexibility index (Phi) is 7.98. The molecule has 0 aliphatic rings. The molecular weight excluding hydrogens is 378 g/mol. The molecule has 1 aromatic carbocycles. The van der Waals surface area contributed by atoms with Gasteiger partial charge in [-0.15, -0.1) is 10.2 Å². The number of amides is 1. The number of nitrogens with two attached hydrogens (primary N) is 1. The van der Waals surface area contributed by atoms with E-state index in [1.807, 2.05) is 13.0 Å². The van der Waals surface area contributed by atoms with Crippen molar-refractivity contribution < 1.29 is 14.3 Å². The average Bonchev–Trinajstić information content (AvgIpc) is 3.04. The highest BCUT2D eigenvalue weighted by Crippen LogP contribution is 2.32. The van der Waals surface area contributed by atoms with E-state index >= 15 is 0 Å². The second-order valence-corrected chi connectivity index (χ2v) is 7.91. The van der Waals surface area contributed by atoms with E-state index in [0.29, 0.717) is 34.0 Å². The van der Waals surface area contributed by atoms with Gasteiger partial charge in [0.15, 0.2) is 5.82 Å². The molecule has 0 saturated heterocycles. The maximum atomic E-state index is 12.2. The largest absolute Gasteiger partial charge is 0.497 e. The van der Waals surface area contributed by atoms with Gasteiger partial charge in [-0.1, -0.05) is 25.6 Å². The maximum absolute atomic E-state index is 12.2. The molecule has 0 radical (unpaired) electrons. The van der Waals surface area contributed by atoms with Crippen LogP contribution in [0.15, 0.2) is 23.4 Å². The molecule has 0 bridgehead atoms. The van der Waals surface area contributed by atoms with Crippen LogP contribution in [0.25, 0.3) is 11.4 Å². The lowest BCUT2D eigenvalue weighted by atomic mass is 10.0. The third-order valence-electron chi connectivity index (χ3n) is 4.23. The first-order valence-electron chi connectivity index (χ1n) is 9.20. The van der Waals surface area contributed by atoms with Crippen molar-refractivity contribution in [1.82, 2.24) is 20.2 Å². The quantitative estimate of drug-likeness (QED) is 0.461. The number of nitrogens with zero attached hydrogens (tertiary/aromatic N) is 3. The van der Waals surface area contributed by atoms with Gasteiger partial charge in [0, 0.05) is 12.1 Å². The molecule has 0 saturated carbocycles. The Balaban J connectivity index is 2.01. The van der Waals surface area contributed by atoms with Gasteiger partial charge >= 0.3 is 0 Å². The molecule has 1 aromatic heterocycles. The normalized spacial score (nSPS) is 12.1. The number of aromatic nitrogens is 3. The lowest BCUT2D eigenvalue weighted by molar-refractivity contribution is -0.119.